The van der Waals surface area contributed by atoms with Gasteiger partial charge in [0.15, 0.2) is 0 Å². The summed E-state index contributed by atoms with van der Waals surface area (Å²) in [7, 11) is 0. The van der Waals surface area contributed by atoms with Gasteiger partial charge in [-0.3, -0.25) is 14.5 Å². The Labute approximate surface area is 189 Å². The van der Waals surface area contributed by atoms with Crippen LogP contribution in [0, 0.1) is 0 Å². The first-order valence-corrected chi connectivity index (χ1v) is 11.0. The van der Waals surface area contributed by atoms with Gasteiger partial charge in [-0.15, -0.1) is 5.10 Å². The van der Waals surface area contributed by atoms with E-state index in [4.69, 9.17) is 9.84 Å². The third kappa shape index (κ3) is 6.29. The molecule has 1 aromatic heterocycles. The highest BCUT2D eigenvalue weighted by molar-refractivity contribution is 5.80. The Morgan fingerprint density at radius 1 is 1.12 bits per heavy atom. The van der Waals surface area contributed by atoms with E-state index in [1.165, 1.54) is 5.56 Å². The van der Waals surface area contributed by atoms with Gasteiger partial charge in [0.25, 0.3) is 0 Å². The molecule has 1 N–H and O–H groups in total. The molecular weight excluding hydrogens is 410 g/mol. The largest absolute Gasteiger partial charge is 0.487 e. The molecule has 0 radical (unpaired) electrons. The number of hydrogen-bond acceptors (Lipinski definition) is 6. The van der Waals surface area contributed by atoms with Crippen LogP contribution in [0.4, 0.5) is 0 Å². The molecule has 0 bridgehead atoms. The molecule has 2 heterocycles. The fourth-order valence-electron chi connectivity index (χ4n) is 3.70. The van der Waals surface area contributed by atoms with Crippen molar-refractivity contribution in [3.05, 3.63) is 41.7 Å². The molecule has 0 unspecified atom stereocenters. The number of nitrogens with zero attached hydrogens (tertiary/aromatic N) is 5. The summed E-state index contributed by atoms with van der Waals surface area (Å²) in [6.07, 6.45) is 2.48. The fraction of sp³-hybridized carbons (Fsp3) is 0.565. The van der Waals surface area contributed by atoms with Gasteiger partial charge >= 0.3 is 5.97 Å². The molecule has 174 valence electrons. The molecule has 3 rings (SSSR count). The molecule has 32 heavy (non-hydrogen) atoms. The number of ether oxygens (including phenoxy) is 1. The number of carboxylic acids is 1. The third-order valence-electron chi connectivity index (χ3n) is 5.68. The molecular formula is C23H33N5O4. The standard InChI is InChI=1S/C23H33N5O4/c1-17(22(31)27-11-5-10-26(12-13-27)15-21(29)30)28-14-19(24-25-28)16-32-20-8-6-18(7-9-20)23(2,3)4/h6-9,14,17H,5,10-13,15-16H2,1-4H3,(H,29,30)/t17-/m0/s1. The number of amides is 1. The first-order chi connectivity index (χ1) is 15.1. The van der Waals surface area contributed by atoms with Gasteiger partial charge in [0.1, 0.15) is 24.1 Å². The number of benzene rings is 1. The van der Waals surface area contributed by atoms with Crippen LogP contribution in [0.25, 0.3) is 0 Å². The van der Waals surface area contributed by atoms with Crippen molar-refractivity contribution in [3.8, 4) is 5.75 Å². The monoisotopic (exact) mass is 443 g/mol. The van der Waals surface area contributed by atoms with Crippen LogP contribution in [0.15, 0.2) is 30.5 Å². The van der Waals surface area contributed by atoms with Crippen LogP contribution in [0.5, 0.6) is 5.75 Å². The predicted octanol–water partition coefficient (Wildman–Crippen LogP) is 2.33. The first-order valence-electron chi connectivity index (χ1n) is 11.0. The van der Waals surface area contributed by atoms with Crippen LogP contribution in [0.2, 0.25) is 0 Å². The Morgan fingerprint density at radius 3 is 2.50 bits per heavy atom. The number of carboxylic acid groups (broad SMARTS) is 1. The lowest BCUT2D eigenvalue weighted by Crippen LogP contribution is -2.39. The van der Waals surface area contributed by atoms with E-state index in [-0.39, 0.29) is 24.5 Å². The van der Waals surface area contributed by atoms with E-state index in [0.717, 1.165) is 12.2 Å². The van der Waals surface area contributed by atoms with Crippen LogP contribution in [-0.2, 0) is 21.6 Å². The van der Waals surface area contributed by atoms with Gasteiger partial charge < -0.3 is 14.7 Å². The maximum absolute atomic E-state index is 13.0. The number of aromatic nitrogens is 3. The van der Waals surface area contributed by atoms with Crippen LogP contribution in [0.3, 0.4) is 0 Å². The van der Waals surface area contributed by atoms with Crippen molar-refractivity contribution in [2.45, 2.75) is 52.2 Å². The number of aliphatic carboxylic acids is 1. The zero-order chi connectivity index (χ0) is 23.3. The Kier molecular flexibility index (Phi) is 7.50. The second-order valence-electron chi connectivity index (χ2n) is 9.28. The van der Waals surface area contributed by atoms with E-state index in [9.17, 15) is 9.59 Å². The molecule has 9 nitrogen and oxygen atoms in total. The Balaban J connectivity index is 1.54. The molecule has 1 amide bonds. The highest BCUT2D eigenvalue weighted by atomic mass is 16.5. The molecule has 1 fully saturated rings. The second-order valence-corrected chi connectivity index (χ2v) is 9.28. The predicted molar refractivity (Wildman–Crippen MR) is 119 cm³/mol. The van der Waals surface area contributed by atoms with Crippen molar-refractivity contribution < 1.29 is 19.4 Å². The highest BCUT2D eigenvalue weighted by Crippen LogP contribution is 2.24. The van der Waals surface area contributed by atoms with Gasteiger partial charge in [0, 0.05) is 26.2 Å². The zero-order valence-corrected chi connectivity index (χ0v) is 19.3. The highest BCUT2D eigenvalue weighted by Gasteiger charge is 2.26. The van der Waals surface area contributed by atoms with E-state index in [1.54, 1.807) is 22.7 Å². The van der Waals surface area contributed by atoms with Crippen molar-refractivity contribution in [2.24, 2.45) is 0 Å². The number of hydrogen-bond donors (Lipinski definition) is 1. The van der Waals surface area contributed by atoms with Crippen molar-refractivity contribution >= 4 is 11.9 Å². The molecule has 0 spiro atoms. The van der Waals surface area contributed by atoms with E-state index in [0.29, 0.717) is 31.9 Å². The lowest BCUT2D eigenvalue weighted by molar-refractivity contribution is -0.138. The van der Waals surface area contributed by atoms with Crippen molar-refractivity contribution in [1.82, 2.24) is 24.8 Å². The summed E-state index contributed by atoms with van der Waals surface area (Å²) in [6, 6.07) is 7.53. The SMILES string of the molecule is C[C@@H](C(=O)N1CCCN(CC(=O)O)CC1)n1cc(COc2ccc(C(C)(C)C)cc2)nn1. The summed E-state index contributed by atoms with van der Waals surface area (Å²) < 4.78 is 7.38. The minimum absolute atomic E-state index is 0.00293. The van der Waals surface area contributed by atoms with Crippen LogP contribution in [-0.4, -0.2) is 74.5 Å². The van der Waals surface area contributed by atoms with Gasteiger partial charge in [-0.25, -0.2) is 4.68 Å². The van der Waals surface area contributed by atoms with Gasteiger partial charge in [0.05, 0.1) is 12.7 Å². The maximum Gasteiger partial charge on any atom is 0.317 e. The van der Waals surface area contributed by atoms with Gasteiger partial charge in [-0.1, -0.05) is 38.1 Å². The first kappa shape index (κ1) is 23.7. The van der Waals surface area contributed by atoms with E-state index < -0.39 is 12.0 Å². The average molecular weight is 444 g/mol. The van der Waals surface area contributed by atoms with Crippen molar-refractivity contribution in [3.63, 3.8) is 0 Å². The van der Waals surface area contributed by atoms with E-state index >= 15 is 0 Å². The average Bonchev–Trinajstić information content (AvgIpc) is 3.10. The van der Waals surface area contributed by atoms with E-state index in [2.05, 4.69) is 43.2 Å². The van der Waals surface area contributed by atoms with Crippen LogP contribution >= 0.6 is 0 Å². The molecule has 1 aliphatic rings. The molecule has 2 aromatic rings. The number of carbonyl (C=O) groups is 2. The summed E-state index contributed by atoms with van der Waals surface area (Å²) in [6.45, 7) is 10.9. The van der Waals surface area contributed by atoms with Gasteiger partial charge in [-0.05, 0) is 36.5 Å². The quantitative estimate of drug-likeness (QED) is 0.701. The minimum atomic E-state index is -0.847. The molecule has 0 saturated carbocycles. The van der Waals surface area contributed by atoms with Crippen LogP contribution in [0.1, 0.15) is 51.4 Å². The summed E-state index contributed by atoms with van der Waals surface area (Å²) in [4.78, 5) is 27.5. The second kappa shape index (κ2) is 10.1. The molecule has 0 aliphatic carbocycles. The summed E-state index contributed by atoms with van der Waals surface area (Å²) >= 11 is 0. The Hall–Kier alpha value is -2.94. The fourth-order valence-corrected chi connectivity index (χ4v) is 3.70. The van der Waals surface area contributed by atoms with Gasteiger partial charge in [-0.2, -0.15) is 0 Å². The normalized spacial score (nSPS) is 16.4. The summed E-state index contributed by atoms with van der Waals surface area (Å²) in [5, 5.41) is 17.2. The van der Waals surface area contributed by atoms with Gasteiger partial charge in [0.2, 0.25) is 5.91 Å². The molecule has 1 aromatic carbocycles. The van der Waals surface area contributed by atoms with Crippen molar-refractivity contribution in [1.29, 1.82) is 0 Å². The summed E-state index contributed by atoms with van der Waals surface area (Å²) in [5.74, 6) is -0.134. The minimum Gasteiger partial charge on any atom is -0.487 e. The number of rotatable bonds is 7. The van der Waals surface area contributed by atoms with Crippen LogP contribution < -0.4 is 4.74 Å². The topological polar surface area (TPSA) is 101 Å². The zero-order valence-electron chi connectivity index (χ0n) is 19.3. The maximum atomic E-state index is 13.0. The molecule has 9 heteroatoms. The lowest BCUT2D eigenvalue weighted by Gasteiger charge is -2.24. The molecule has 1 atom stereocenters. The third-order valence-corrected chi connectivity index (χ3v) is 5.68. The number of carbonyl (C=O) groups excluding carboxylic acids is 1. The lowest BCUT2D eigenvalue weighted by atomic mass is 9.87. The smallest absolute Gasteiger partial charge is 0.317 e. The Bertz CT molecular complexity index is 919. The summed E-state index contributed by atoms with van der Waals surface area (Å²) in [5.41, 5.74) is 1.97. The van der Waals surface area contributed by atoms with Crippen molar-refractivity contribution in [2.75, 3.05) is 32.7 Å². The Morgan fingerprint density at radius 2 is 1.84 bits per heavy atom. The molecule has 1 aliphatic heterocycles. The molecule has 1 saturated heterocycles. The van der Waals surface area contributed by atoms with E-state index in [1.807, 2.05) is 17.0 Å².